The molecule has 18 heavy (non-hydrogen) atoms. The summed E-state index contributed by atoms with van der Waals surface area (Å²) in [5, 5.41) is 0. The number of hydrogen-bond acceptors (Lipinski definition) is 1. The maximum Gasteiger partial charge on any atom is 0.167 e. The zero-order valence-corrected chi connectivity index (χ0v) is 13.9. The summed E-state index contributed by atoms with van der Waals surface area (Å²) >= 11 is 6.91. The highest BCUT2D eigenvalue weighted by atomic mass is 79.9. The van der Waals surface area contributed by atoms with Gasteiger partial charge in [-0.2, -0.15) is 0 Å². The van der Waals surface area contributed by atoms with Crippen molar-refractivity contribution in [2.75, 3.05) is 0 Å². The Morgan fingerprint density at radius 2 is 1.72 bits per heavy atom. The van der Waals surface area contributed by atoms with Gasteiger partial charge in [-0.3, -0.25) is 4.79 Å². The van der Waals surface area contributed by atoms with Crippen molar-refractivity contribution in [2.24, 2.45) is 17.8 Å². The highest BCUT2D eigenvalue weighted by Gasteiger charge is 2.30. The fourth-order valence-corrected chi connectivity index (χ4v) is 4.31. The predicted octanol–water partition coefficient (Wildman–Crippen LogP) is 5.47. The van der Waals surface area contributed by atoms with Gasteiger partial charge in [0.1, 0.15) is 0 Å². The predicted molar refractivity (Wildman–Crippen MR) is 81.8 cm³/mol. The van der Waals surface area contributed by atoms with Crippen molar-refractivity contribution < 1.29 is 4.79 Å². The van der Waals surface area contributed by atoms with E-state index in [2.05, 4.69) is 45.7 Å². The van der Waals surface area contributed by atoms with Crippen LogP contribution in [0.15, 0.2) is 27.1 Å². The molecule has 0 radical (unpaired) electrons. The van der Waals surface area contributed by atoms with Crippen LogP contribution in [0, 0.1) is 17.8 Å². The summed E-state index contributed by atoms with van der Waals surface area (Å²) in [7, 11) is 0. The number of rotatable bonds is 2. The zero-order valence-electron chi connectivity index (χ0n) is 10.7. The molecule has 2 unspecified atom stereocenters. The number of ketones is 1. The minimum atomic E-state index is 0.196. The van der Waals surface area contributed by atoms with Gasteiger partial charge in [0.2, 0.25) is 0 Å². The second-order valence-electron chi connectivity index (χ2n) is 5.60. The first kappa shape index (κ1) is 14.3. The number of carbonyl (C=O) groups excluding carboxylic acids is 1. The lowest BCUT2D eigenvalue weighted by molar-refractivity contribution is 0.0835. The highest BCUT2D eigenvalue weighted by molar-refractivity contribution is 9.11. The molecule has 2 atom stereocenters. The van der Waals surface area contributed by atoms with E-state index in [0.717, 1.165) is 27.4 Å². The van der Waals surface area contributed by atoms with Crippen LogP contribution in [0.5, 0.6) is 0 Å². The summed E-state index contributed by atoms with van der Waals surface area (Å²) in [5.74, 6) is 1.82. The minimum Gasteiger partial charge on any atom is -0.294 e. The van der Waals surface area contributed by atoms with Gasteiger partial charge in [-0.05, 0) is 49.3 Å². The van der Waals surface area contributed by atoms with Crippen molar-refractivity contribution in [3.05, 3.63) is 32.7 Å². The first-order valence-corrected chi connectivity index (χ1v) is 8.05. The number of benzene rings is 1. The van der Waals surface area contributed by atoms with Gasteiger partial charge in [0.25, 0.3) is 0 Å². The van der Waals surface area contributed by atoms with Gasteiger partial charge in [0.05, 0.1) is 0 Å². The molecule has 1 saturated carbocycles. The Morgan fingerprint density at radius 3 is 2.28 bits per heavy atom. The Labute approximate surface area is 126 Å². The van der Waals surface area contributed by atoms with Crippen molar-refractivity contribution in [3.8, 4) is 0 Å². The van der Waals surface area contributed by atoms with Gasteiger partial charge in [0, 0.05) is 20.4 Å². The van der Waals surface area contributed by atoms with Crippen LogP contribution in [0.1, 0.15) is 43.5 Å². The average Bonchev–Trinajstić information content (AvgIpc) is 2.26. The average molecular weight is 374 g/mol. The molecule has 3 heteroatoms. The second kappa shape index (κ2) is 5.87. The summed E-state index contributed by atoms with van der Waals surface area (Å²) < 4.78 is 1.89. The fourth-order valence-electron chi connectivity index (χ4n) is 3.07. The van der Waals surface area contributed by atoms with Crippen molar-refractivity contribution in [3.63, 3.8) is 0 Å². The SMILES string of the molecule is CC1CC(C)CC(C(=O)c2ccc(Br)cc2Br)C1. The summed E-state index contributed by atoms with van der Waals surface area (Å²) in [6, 6.07) is 5.80. The van der Waals surface area contributed by atoms with Crippen molar-refractivity contribution in [2.45, 2.75) is 33.1 Å². The molecule has 0 saturated heterocycles. The molecule has 1 aliphatic carbocycles. The molecule has 0 aromatic heterocycles. The van der Waals surface area contributed by atoms with Crippen LogP contribution in [0.25, 0.3) is 0 Å². The van der Waals surface area contributed by atoms with E-state index < -0.39 is 0 Å². The summed E-state index contributed by atoms with van der Waals surface area (Å²) in [4.78, 5) is 12.6. The van der Waals surface area contributed by atoms with Crippen LogP contribution in [-0.2, 0) is 0 Å². The molecular weight excluding hydrogens is 356 g/mol. The molecule has 0 bridgehead atoms. The van der Waals surface area contributed by atoms with Gasteiger partial charge >= 0.3 is 0 Å². The zero-order chi connectivity index (χ0) is 13.3. The van der Waals surface area contributed by atoms with Gasteiger partial charge in [-0.15, -0.1) is 0 Å². The molecule has 0 N–H and O–H groups in total. The molecule has 1 aromatic carbocycles. The Kier molecular flexibility index (Phi) is 4.65. The van der Waals surface area contributed by atoms with Crippen LogP contribution in [0.3, 0.4) is 0 Å². The number of carbonyl (C=O) groups is 1. The van der Waals surface area contributed by atoms with E-state index >= 15 is 0 Å². The van der Waals surface area contributed by atoms with Gasteiger partial charge < -0.3 is 0 Å². The molecule has 0 amide bonds. The monoisotopic (exact) mass is 372 g/mol. The van der Waals surface area contributed by atoms with E-state index in [0.29, 0.717) is 17.6 Å². The van der Waals surface area contributed by atoms with E-state index in [1.807, 2.05) is 18.2 Å². The molecule has 0 aliphatic heterocycles. The number of hydrogen-bond donors (Lipinski definition) is 0. The van der Waals surface area contributed by atoms with Crippen LogP contribution < -0.4 is 0 Å². The van der Waals surface area contributed by atoms with Crippen molar-refractivity contribution in [1.29, 1.82) is 0 Å². The van der Waals surface area contributed by atoms with Crippen LogP contribution in [-0.4, -0.2) is 5.78 Å². The third-order valence-corrected chi connectivity index (χ3v) is 4.90. The molecule has 0 heterocycles. The lowest BCUT2D eigenvalue weighted by Gasteiger charge is -2.30. The summed E-state index contributed by atoms with van der Waals surface area (Å²) in [5.41, 5.74) is 0.824. The highest BCUT2D eigenvalue weighted by Crippen LogP contribution is 2.36. The normalized spacial score (nSPS) is 28.1. The molecule has 1 aromatic rings. The fraction of sp³-hybridized carbons (Fsp3) is 0.533. The van der Waals surface area contributed by atoms with E-state index in [4.69, 9.17) is 0 Å². The van der Waals surface area contributed by atoms with Crippen molar-refractivity contribution in [1.82, 2.24) is 0 Å². The first-order chi connectivity index (χ1) is 8.47. The third kappa shape index (κ3) is 3.24. The summed E-state index contributed by atoms with van der Waals surface area (Å²) in [6.07, 6.45) is 3.32. The second-order valence-corrected chi connectivity index (χ2v) is 7.37. The summed E-state index contributed by atoms with van der Waals surface area (Å²) in [6.45, 7) is 4.51. The van der Waals surface area contributed by atoms with E-state index in [1.165, 1.54) is 6.42 Å². The Hall–Kier alpha value is -0.150. The largest absolute Gasteiger partial charge is 0.294 e. The van der Waals surface area contributed by atoms with Gasteiger partial charge in [-0.25, -0.2) is 0 Å². The maximum absolute atomic E-state index is 12.6. The van der Waals surface area contributed by atoms with Gasteiger partial charge in [0.15, 0.2) is 5.78 Å². The Bertz CT molecular complexity index is 446. The number of Topliss-reactive ketones (excluding diaryl/α,β-unsaturated/α-hetero) is 1. The molecule has 1 fully saturated rings. The molecule has 2 rings (SSSR count). The maximum atomic E-state index is 12.6. The molecule has 1 nitrogen and oxygen atoms in total. The minimum absolute atomic E-state index is 0.196. The lowest BCUT2D eigenvalue weighted by Crippen LogP contribution is -2.26. The van der Waals surface area contributed by atoms with Crippen LogP contribution >= 0.6 is 31.9 Å². The van der Waals surface area contributed by atoms with E-state index in [1.54, 1.807) is 0 Å². The van der Waals surface area contributed by atoms with Crippen LogP contribution in [0.4, 0.5) is 0 Å². The van der Waals surface area contributed by atoms with E-state index in [9.17, 15) is 4.79 Å². The lowest BCUT2D eigenvalue weighted by atomic mass is 9.74. The quantitative estimate of drug-likeness (QED) is 0.628. The van der Waals surface area contributed by atoms with E-state index in [-0.39, 0.29) is 5.92 Å². The molecular formula is C15H18Br2O. The molecule has 0 spiro atoms. The van der Waals surface area contributed by atoms with Crippen LogP contribution in [0.2, 0.25) is 0 Å². The first-order valence-electron chi connectivity index (χ1n) is 6.46. The third-order valence-electron chi connectivity index (χ3n) is 3.75. The van der Waals surface area contributed by atoms with Crippen molar-refractivity contribution >= 4 is 37.6 Å². The standard InChI is InChI=1S/C15H18Br2O/c1-9-5-10(2)7-11(6-9)15(18)13-4-3-12(16)8-14(13)17/h3-4,8-11H,5-7H2,1-2H3. The van der Waals surface area contributed by atoms with Gasteiger partial charge in [-0.1, -0.05) is 45.7 Å². The smallest absolute Gasteiger partial charge is 0.167 e. The Balaban J connectivity index is 2.20. The number of halogens is 2. The Morgan fingerprint density at radius 1 is 1.11 bits per heavy atom. The topological polar surface area (TPSA) is 17.1 Å². The molecule has 98 valence electrons. The molecule has 1 aliphatic rings.